The van der Waals surface area contributed by atoms with Crippen molar-refractivity contribution >= 4 is 17.2 Å². The third-order valence-electron chi connectivity index (χ3n) is 4.32. The van der Waals surface area contributed by atoms with Crippen LogP contribution in [0.4, 0.5) is 0 Å². The Morgan fingerprint density at radius 3 is 1.69 bits per heavy atom. The summed E-state index contributed by atoms with van der Waals surface area (Å²) in [5.41, 5.74) is 0. The normalized spacial score (nSPS) is 42.3. The quantitative estimate of drug-likeness (QED) is 0.562. The van der Waals surface area contributed by atoms with E-state index in [0.29, 0.717) is 0 Å². The van der Waals surface area contributed by atoms with Crippen molar-refractivity contribution in [1.82, 2.24) is 0 Å². The van der Waals surface area contributed by atoms with Gasteiger partial charge in [-0.3, -0.25) is 0 Å². The average molecular weight is 378 g/mol. The zero-order chi connectivity index (χ0) is 8.96. The fourth-order valence-corrected chi connectivity index (χ4v) is 58.9. The zero-order valence-corrected chi connectivity index (χ0v) is 12.1. The maximum atomic E-state index is 6.92. The molecule has 4 aliphatic rings. The molecule has 13 heavy (non-hydrogen) atoms. The fraction of sp³-hybridized carbons (Fsp3) is 0.200. The fourth-order valence-electron chi connectivity index (χ4n) is 3.55. The monoisotopic (exact) mass is 378 g/mol. The van der Waals surface area contributed by atoms with Gasteiger partial charge in [0.2, 0.25) is 0 Å². The molecular weight excluding hydrogens is 370 g/mol. The Morgan fingerprint density at radius 1 is 0.923 bits per heavy atom. The van der Waals surface area contributed by atoms with Crippen LogP contribution >= 0.6 is 17.2 Å². The molecule has 0 bridgehead atoms. The molecule has 0 unspecified atom stereocenters. The molecule has 2 aliphatic heterocycles. The summed E-state index contributed by atoms with van der Waals surface area (Å²) in [7, 11) is 13.8. The van der Waals surface area contributed by atoms with Gasteiger partial charge >= 0.3 is 82.3 Å². The van der Waals surface area contributed by atoms with Gasteiger partial charge in [0, 0.05) is 0 Å². The Kier molecular flexibility index (Phi) is 0.854. The topological polar surface area (TPSA) is 0 Å². The molecule has 2 aliphatic carbocycles. The molecule has 0 aromatic rings. The number of hydrogen-bond donors (Lipinski definition) is 0. The molecule has 0 aromatic heterocycles. The van der Waals surface area contributed by atoms with E-state index in [-0.39, 0.29) is 0 Å². The van der Waals surface area contributed by atoms with Gasteiger partial charge in [-0.15, -0.1) is 0 Å². The second-order valence-electron chi connectivity index (χ2n) is 4.57. The molecule has 4 rings (SSSR count). The first-order chi connectivity index (χ1) is 6.06. The number of fused-ring (bicyclic) bond motifs is 4. The van der Waals surface area contributed by atoms with Crippen molar-refractivity contribution in [3.63, 3.8) is 0 Å². The Labute approximate surface area is 81.7 Å². The molecule has 3 heteroatoms. The van der Waals surface area contributed by atoms with E-state index in [2.05, 4.69) is 24.3 Å². The van der Waals surface area contributed by atoms with E-state index in [1.165, 1.54) is 13.3 Å². The summed E-state index contributed by atoms with van der Waals surface area (Å²) < 4.78 is 5.56. The van der Waals surface area contributed by atoms with Gasteiger partial charge in [-0.2, -0.15) is 0 Å². The van der Waals surface area contributed by atoms with E-state index < -0.39 is 14.7 Å². The van der Waals surface area contributed by atoms with Gasteiger partial charge in [0.25, 0.3) is 0 Å². The Morgan fingerprint density at radius 2 is 1.38 bits per heavy atom. The minimum absolute atomic E-state index is 1.02. The van der Waals surface area contributed by atoms with Crippen LogP contribution in [0.1, 0.15) is 12.8 Å². The van der Waals surface area contributed by atoms with Crippen molar-refractivity contribution in [3.05, 3.63) is 37.6 Å². The van der Waals surface area contributed by atoms with Crippen LogP contribution in [0, 0.1) is 0 Å². The standard InChI is InChI=1S/2C5H4.2ClH.Hf/c2*1-2-4-5-3-1;;;/h2*1-2H,3H2;2*1H;/q;;;;+2/p-2. The van der Waals surface area contributed by atoms with Gasteiger partial charge < -0.3 is 0 Å². The van der Waals surface area contributed by atoms with Crippen molar-refractivity contribution in [1.29, 1.82) is 0 Å². The van der Waals surface area contributed by atoms with Gasteiger partial charge in [-0.1, -0.05) is 0 Å². The van der Waals surface area contributed by atoms with Crippen LogP contribution in [-0.4, -0.2) is 0 Å². The summed E-state index contributed by atoms with van der Waals surface area (Å²) in [5.74, 6) is 0. The second kappa shape index (κ2) is 1.45. The van der Waals surface area contributed by atoms with E-state index >= 15 is 0 Å². The van der Waals surface area contributed by atoms with Crippen LogP contribution < -0.4 is 0 Å². The van der Waals surface area contributed by atoms with E-state index in [1.807, 2.05) is 0 Å². The van der Waals surface area contributed by atoms with Crippen LogP contribution in [-0.2, 0) is 14.7 Å². The molecular formula is C10H8Cl2Hf. The van der Waals surface area contributed by atoms with Gasteiger partial charge in [-0.05, 0) is 0 Å². The number of rotatable bonds is 0. The number of halogens is 2. The van der Waals surface area contributed by atoms with Crippen molar-refractivity contribution in [2.24, 2.45) is 0 Å². The summed E-state index contributed by atoms with van der Waals surface area (Å²) in [6.07, 6.45) is 10.7. The third kappa shape index (κ3) is 0.423. The maximum absolute atomic E-state index is 6.92. The minimum atomic E-state index is -4.01. The summed E-state index contributed by atoms with van der Waals surface area (Å²) in [6, 6.07) is 0. The number of hydrogen-bond acceptors (Lipinski definition) is 0. The average Bonchev–Trinajstić information content (AvgIpc) is 2.77. The van der Waals surface area contributed by atoms with Crippen LogP contribution in [0.2, 0.25) is 0 Å². The molecule has 66 valence electrons. The molecule has 0 nitrogen and oxygen atoms in total. The van der Waals surface area contributed by atoms with Crippen LogP contribution in [0.25, 0.3) is 0 Å². The predicted molar refractivity (Wildman–Crippen MR) is 53.3 cm³/mol. The summed E-state index contributed by atoms with van der Waals surface area (Å²) in [5, 5.41) is 0. The van der Waals surface area contributed by atoms with Crippen LogP contribution in [0.15, 0.2) is 37.6 Å². The zero-order valence-electron chi connectivity index (χ0n) is 6.98. The van der Waals surface area contributed by atoms with E-state index in [0.717, 1.165) is 12.8 Å². The van der Waals surface area contributed by atoms with Crippen molar-refractivity contribution in [3.8, 4) is 0 Å². The van der Waals surface area contributed by atoms with Crippen molar-refractivity contribution in [2.75, 3.05) is 0 Å². The van der Waals surface area contributed by atoms with Gasteiger partial charge in [-0.25, -0.2) is 0 Å². The van der Waals surface area contributed by atoms with E-state index in [1.54, 1.807) is 0 Å². The summed E-state index contributed by atoms with van der Waals surface area (Å²) in [6.45, 7) is 0. The summed E-state index contributed by atoms with van der Waals surface area (Å²) >= 11 is -4.01. The van der Waals surface area contributed by atoms with E-state index in [9.17, 15) is 0 Å². The summed E-state index contributed by atoms with van der Waals surface area (Å²) in [4.78, 5) is 0. The molecule has 0 saturated heterocycles. The Balaban J connectivity index is 2.01. The first kappa shape index (κ1) is 7.67. The van der Waals surface area contributed by atoms with Crippen LogP contribution in [0.3, 0.4) is 0 Å². The van der Waals surface area contributed by atoms with Crippen molar-refractivity contribution < 1.29 is 14.7 Å². The predicted octanol–water partition coefficient (Wildman–Crippen LogP) is 3.89. The molecule has 0 N–H and O–H groups in total. The Bertz CT molecular complexity index is 481. The van der Waals surface area contributed by atoms with Gasteiger partial charge in [0.1, 0.15) is 0 Å². The third-order valence-corrected chi connectivity index (χ3v) is 41.9. The molecule has 0 aromatic carbocycles. The molecule has 0 atom stereocenters. The molecule has 1 spiro atoms. The molecule has 0 saturated carbocycles. The van der Waals surface area contributed by atoms with Crippen LogP contribution in [0.5, 0.6) is 0 Å². The molecule has 0 amide bonds. The first-order valence-corrected chi connectivity index (χ1v) is 20.7. The molecule has 0 fully saturated rings. The molecule has 2 heterocycles. The second-order valence-corrected chi connectivity index (χ2v) is 41.2. The van der Waals surface area contributed by atoms with E-state index in [4.69, 9.17) is 17.2 Å². The Hall–Kier alpha value is 0.410. The SMILES string of the molecule is [Cl][Hf]12([Cl])([C]3=[C]1CC=C3)[C]1=[C]2CC=C1. The first-order valence-electron chi connectivity index (χ1n) is 4.65. The molecule has 0 radical (unpaired) electrons. The van der Waals surface area contributed by atoms with Gasteiger partial charge in [0.05, 0.1) is 0 Å². The van der Waals surface area contributed by atoms with Crippen molar-refractivity contribution in [2.45, 2.75) is 12.8 Å². The number of allylic oxidation sites excluding steroid dienone is 8. The van der Waals surface area contributed by atoms with Gasteiger partial charge in [0.15, 0.2) is 0 Å².